The van der Waals surface area contributed by atoms with Crippen molar-refractivity contribution in [3.8, 4) is 0 Å². The Kier molecular flexibility index (Phi) is 5.63. The molecule has 2 aromatic carbocycles. The third-order valence-corrected chi connectivity index (χ3v) is 4.31. The van der Waals surface area contributed by atoms with E-state index in [1.54, 1.807) is 43.3 Å². The van der Waals surface area contributed by atoms with Gasteiger partial charge in [0.1, 0.15) is 11.9 Å². The van der Waals surface area contributed by atoms with Crippen LogP contribution in [0.25, 0.3) is 0 Å². The van der Waals surface area contributed by atoms with E-state index in [0.717, 1.165) is 6.42 Å². The first-order chi connectivity index (χ1) is 12.5. The summed E-state index contributed by atoms with van der Waals surface area (Å²) in [5.41, 5.74) is 1.64. The zero-order valence-electron chi connectivity index (χ0n) is 14.5. The summed E-state index contributed by atoms with van der Waals surface area (Å²) in [6.45, 7) is 2.38. The molecule has 1 heterocycles. The third kappa shape index (κ3) is 4.46. The van der Waals surface area contributed by atoms with E-state index < -0.39 is 6.10 Å². The van der Waals surface area contributed by atoms with Gasteiger partial charge in [-0.1, -0.05) is 18.2 Å². The summed E-state index contributed by atoms with van der Waals surface area (Å²) < 4.78 is 18.7. The Balaban J connectivity index is 1.65. The quantitative estimate of drug-likeness (QED) is 0.862. The lowest BCUT2D eigenvalue weighted by Gasteiger charge is -2.15. The SMILES string of the molecule is C[C@H](NC(=O)c1cccc(NC(=O)[C@@H]2CCCO2)c1)c1cccc(F)c1. The first-order valence-corrected chi connectivity index (χ1v) is 8.62. The molecular weight excluding hydrogens is 335 g/mol. The minimum atomic E-state index is -0.430. The second-order valence-electron chi connectivity index (χ2n) is 6.32. The Hall–Kier alpha value is -2.73. The Morgan fingerprint density at radius 2 is 2.00 bits per heavy atom. The predicted octanol–water partition coefficient (Wildman–Crippen LogP) is 3.43. The van der Waals surface area contributed by atoms with E-state index in [-0.39, 0.29) is 23.7 Å². The monoisotopic (exact) mass is 356 g/mol. The molecule has 1 fully saturated rings. The Bertz CT molecular complexity index is 803. The van der Waals surface area contributed by atoms with Gasteiger partial charge in [0.05, 0.1) is 6.04 Å². The van der Waals surface area contributed by atoms with E-state index in [1.165, 1.54) is 12.1 Å². The number of carbonyl (C=O) groups is 2. The van der Waals surface area contributed by atoms with Gasteiger partial charge in [0, 0.05) is 17.9 Å². The molecule has 2 amide bonds. The number of ether oxygens (including phenoxy) is 1. The summed E-state index contributed by atoms with van der Waals surface area (Å²) in [6.07, 6.45) is 1.15. The molecule has 3 rings (SSSR count). The Morgan fingerprint density at radius 3 is 2.73 bits per heavy atom. The Morgan fingerprint density at radius 1 is 1.19 bits per heavy atom. The van der Waals surface area contributed by atoms with Crippen molar-refractivity contribution in [3.05, 3.63) is 65.5 Å². The first kappa shape index (κ1) is 18.1. The van der Waals surface area contributed by atoms with E-state index in [2.05, 4.69) is 10.6 Å². The Labute approximate surface area is 151 Å². The molecule has 2 atom stereocenters. The molecule has 1 aliphatic rings. The number of nitrogens with one attached hydrogen (secondary N) is 2. The first-order valence-electron chi connectivity index (χ1n) is 8.62. The summed E-state index contributed by atoms with van der Waals surface area (Å²) >= 11 is 0. The van der Waals surface area contributed by atoms with Gasteiger partial charge in [0.2, 0.25) is 0 Å². The smallest absolute Gasteiger partial charge is 0.253 e. The van der Waals surface area contributed by atoms with E-state index >= 15 is 0 Å². The van der Waals surface area contributed by atoms with Crippen molar-refractivity contribution in [2.24, 2.45) is 0 Å². The molecule has 0 spiro atoms. The van der Waals surface area contributed by atoms with Crippen LogP contribution in [0.1, 0.15) is 41.7 Å². The molecule has 1 saturated heterocycles. The van der Waals surface area contributed by atoms with Crippen LogP contribution in [0.15, 0.2) is 48.5 Å². The van der Waals surface area contributed by atoms with Gasteiger partial charge in [-0.25, -0.2) is 4.39 Å². The zero-order valence-corrected chi connectivity index (χ0v) is 14.5. The molecule has 2 aromatic rings. The molecule has 5 nitrogen and oxygen atoms in total. The van der Waals surface area contributed by atoms with E-state index in [9.17, 15) is 14.0 Å². The number of hydrogen-bond acceptors (Lipinski definition) is 3. The number of halogens is 1. The zero-order chi connectivity index (χ0) is 18.5. The minimum absolute atomic E-state index is 0.201. The molecule has 136 valence electrons. The molecule has 26 heavy (non-hydrogen) atoms. The maximum absolute atomic E-state index is 13.3. The summed E-state index contributed by atoms with van der Waals surface area (Å²) in [5.74, 6) is -0.842. The predicted molar refractivity (Wildman–Crippen MR) is 96.3 cm³/mol. The number of anilines is 1. The van der Waals surface area contributed by atoms with Gasteiger partial charge in [-0.05, 0) is 55.7 Å². The molecular formula is C20H21FN2O3. The highest BCUT2D eigenvalue weighted by molar-refractivity contribution is 5.98. The fraction of sp³-hybridized carbons (Fsp3) is 0.300. The second kappa shape index (κ2) is 8.10. The molecule has 0 bridgehead atoms. The fourth-order valence-electron chi connectivity index (χ4n) is 2.88. The highest BCUT2D eigenvalue weighted by Gasteiger charge is 2.23. The number of hydrogen-bond donors (Lipinski definition) is 2. The number of amides is 2. The van der Waals surface area contributed by atoms with Crippen LogP contribution in [0.5, 0.6) is 0 Å². The maximum atomic E-state index is 13.3. The van der Waals surface area contributed by atoms with Crippen LogP contribution in [0, 0.1) is 5.82 Å². The number of benzene rings is 2. The van der Waals surface area contributed by atoms with Gasteiger partial charge in [-0.15, -0.1) is 0 Å². The van der Waals surface area contributed by atoms with Gasteiger partial charge in [-0.3, -0.25) is 9.59 Å². The third-order valence-electron chi connectivity index (χ3n) is 4.31. The lowest BCUT2D eigenvalue weighted by atomic mass is 10.1. The summed E-state index contributed by atoms with van der Waals surface area (Å²) in [5, 5.41) is 5.61. The molecule has 2 N–H and O–H groups in total. The van der Waals surface area contributed by atoms with Crippen LogP contribution in [-0.2, 0) is 9.53 Å². The van der Waals surface area contributed by atoms with E-state index in [4.69, 9.17) is 4.74 Å². The summed E-state index contributed by atoms with van der Waals surface area (Å²) in [4.78, 5) is 24.6. The van der Waals surface area contributed by atoms with Crippen LogP contribution >= 0.6 is 0 Å². The van der Waals surface area contributed by atoms with E-state index in [0.29, 0.717) is 29.8 Å². The summed E-state index contributed by atoms with van der Waals surface area (Å²) in [7, 11) is 0. The van der Waals surface area contributed by atoms with Crippen molar-refractivity contribution in [2.45, 2.75) is 31.9 Å². The normalized spacial score (nSPS) is 17.5. The van der Waals surface area contributed by atoms with Crippen LogP contribution in [0.2, 0.25) is 0 Å². The molecule has 1 aliphatic heterocycles. The standard InChI is InChI=1S/C20H21FN2O3/c1-13(14-5-2-7-16(21)11-14)22-19(24)15-6-3-8-17(12-15)23-20(25)18-9-4-10-26-18/h2-3,5-8,11-13,18H,4,9-10H2,1H3,(H,22,24)(H,23,25)/t13-,18-/m0/s1. The second-order valence-corrected chi connectivity index (χ2v) is 6.32. The van der Waals surface area contributed by atoms with Crippen LogP contribution in [-0.4, -0.2) is 24.5 Å². The van der Waals surface area contributed by atoms with Gasteiger partial charge in [0.15, 0.2) is 0 Å². The molecule has 0 unspecified atom stereocenters. The molecule has 0 saturated carbocycles. The van der Waals surface area contributed by atoms with Gasteiger partial charge in [0.25, 0.3) is 11.8 Å². The van der Waals surface area contributed by atoms with Crippen LogP contribution in [0.4, 0.5) is 10.1 Å². The van der Waals surface area contributed by atoms with Gasteiger partial charge >= 0.3 is 0 Å². The lowest BCUT2D eigenvalue weighted by molar-refractivity contribution is -0.124. The number of rotatable bonds is 5. The van der Waals surface area contributed by atoms with Gasteiger partial charge in [-0.2, -0.15) is 0 Å². The van der Waals surface area contributed by atoms with Crippen LogP contribution in [0.3, 0.4) is 0 Å². The average Bonchev–Trinajstić information content (AvgIpc) is 3.16. The van der Waals surface area contributed by atoms with Crippen molar-refractivity contribution < 1.29 is 18.7 Å². The van der Waals surface area contributed by atoms with Crippen molar-refractivity contribution in [2.75, 3.05) is 11.9 Å². The fourth-order valence-corrected chi connectivity index (χ4v) is 2.88. The topological polar surface area (TPSA) is 67.4 Å². The maximum Gasteiger partial charge on any atom is 0.253 e. The van der Waals surface area contributed by atoms with Crippen molar-refractivity contribution >= 4 is 17.5 Å². The minimum Gasteiger partial charge on any atom is -0.368 e. The lowest BCUT2D eigenvalue weighted by Crippen LogP contribution is -2.28. The summed E-state index contributed by atoms with van der Waals surface area (Å²) in [6, 6.07) is 12.5. The molecule has 0 radical (unpaired) electrons. The molecule has 0 aromatic heterocycles. The highest BCUT2D eigenvalue weighted by atomic mass is 19.1. The molecule has 6 heteroatoms. The highest BCUT2D eigenvalue weighted by Crippen LogP contribution is 2.18. The van der Waals surface area contributed by atoms with Crippen LogP contribution < -0.4 is 10.6 Å². The van der Waals surface area contributed by atoms with Crippen molar-refractivity contribution in [1.82, 2.24) is 5.32 Å². The average molecular weight is 356 g/mol. The molecule has 0 aliphatic carbocycles. The van der Waals surface area contributed by atoms with Crippen molar-refractivity contribution in [3.63, 3.8) is 0 Å². The largest absolute Gasteiger partial charge is 0.368 e. The number of carbonyl (C=O) groups excluding carboxylic acids is 2. The van der Waals surface area contributed by atoms with E-state index in [1.807, 2.05) is 0 Å². The van der Waals surface area contributed by atoms with Crippen molar-refractivity contribution in [1.29, 1.82) is 0 Å². The van der Waals surface area contributed by atoms with Gasteiger partial charge < -0.3 is 15.4 Å².